The van der Waals surface area contributed by atoms with Crippen LogP contribution in [0.5, 0.6) is 0 Å². The molecular formula is C19H17ClFN5. The second kappa shape index (κ2) is 7.25. The molecule has 0 amide bonds. The molecule has 26 heavy (non-hydrogen) atoms. The molecule has 7 heteroatoms. The van der Waals surface area contributed by atoms with E-state index in [9.17, 15) is 4.39 Å². The number of hydrogen-bond acceptors (Lipinski definition) is 5. The first-order valence-corrected chi connectivity index (χ1v) is 8.75. The molecule has 0 spiro atoms. The highest BCUT2D eigenvalue weighted by molar-refractivity contribution is 6.31. The number of halogens is 2. The van der Waals surface area contributed by atoms with E-state index in [1.165, 1.54) is 6.33 Å². The minimum atomic E-state index is -0.459. The monoisotopic (exact) mass is 369 g/mol. The minimum absolute atomic E-state index is 0.143. The summed E-state index contributed by atoms with van der Waals surface area (Å²) in [5.74, 6) is 1.000. The van der Waals surface area contributed by atoms with Crippen molar-refractivity contribution in [1.29, 1.82) is 0 Å². The number of anilines is 2. The van der Waals surface area contributed by atoms with Crippen molar-refractivity contribution in [2.24, 2.45) is 0 Å². The zero-order valence-electron chi connectivity index (χ0n) is 13.9. The largest absolute Gasteiger partial charge is 0.369 e. The summed E-state index contributed by atoms with van der Waals surface area (Å²) in [6.45, 7) is 1.21. The van der Waals surface area contributed by atoms with Crippen molar-refractivity contribution in [3.05, 3.63) is 76.6 Å². The number of aromatic nitrogens is 3. The van der Waals surface area contributed by atoms with Gasteiger partial charge in [0.1, 0.15) is 18.0 Å². The normalized spacial score (nSPS) is 15.4. The summed E-state index contributed by atoms with van der Waals surface area (Å²) in [6.07, 6.45) is 3.85. The van der Waals surface area contributed by atoms with Crippen LogP contribution >= 0.6 is 11.6 Å². The van der Waals surface area contributed by atoms with Crippen molar-refractivity contribution in [3.8, 4) is 0 Å². The maximum absolute atomic E-state index is 14.5. The number of hydrogen-bond donors (Lipinski definition) is 2. The minimum Gasteiger partial charge on any atom is -0.369 e. The Balaban J connectivity index is 1.44. The number of fused-ring (bicyclic) bond motifs is 1. The third kappa shape index (κ3) is 3.46. The quantitative estimate of drug-likeness (QED) is 0.665. The van der Waals surface area contributed by atoms with Gasteiger partial charge >= 0.3 is 0 Å². The Labute approximate surface area is 155 Å². The van der Waals surface area contributed by atoms with Gasteiger partial charge in [-0.2, -0.15) is 4.39 Å². The summed E-state index contributed by atoms with van der Waals surface area (Å²) in [5.41, 5.74) is 2.54. The van der Waals surface area contributed by atoms with E-state index in [-0.39, 0.29) is 5.92 Å². The van der Waals surface area contributed by atoms with Gasteiger partial charge in [0.05, 0.1) is 0 Å². The van der Waals surface area contributed by atoms with E-state index >= 15 is 0 Å². The Kier molecular flexibility index (Phi) is 4.67. The lowest BCUT2D eigenvalue weighted by molar-refractivity contribution is 0.558. The van der Waals surface area contributed by atoms with Crippen molar-refractivity contribution < 1.29 is 4.39 Å². The van der Waals surface area contributed by atoms with Crippen molar-refractivity contribution >= 4 is 23.2 Å². The highest BCUT2D eigenvalue weighted by Gasteiger charge is 2.24. The molecule has 2 N–H and O–H groups in total. The van der Waals surface area contributed by atoms with Crippen LogP contribution in [-0.2, 0) is 13.0 Å². The number of pyridine rings is 1. The highest BCUT2D eigenvalue weighted by Crippen LogP contribution is 2.31. The van der Waals surface area contributed by atoms with Crippen LogP contribution < -0.4 is 10.6 Å². The van der Waals surface area contributed by atoms with Gasteiger partial charge in [-0.3, -0.25) is 0 Å². The first kappa shape index (κ1) is 16.7. The Morgan fingerprint density at radius 2 is 2.08 bits per heavy atom. The maximum Gasteiger partial charge on any atom is 0.218 e. The van der Waals surface area contributed by atoms with E-state index in [4.69, 9.17) is 11.6 Å². The molecule has 0 aliphatic carbocycles. The molecule has 0 saturated carbocycles. The highest BCUT2D eigenvalue weighted by atomic mass is 35.5. The Hall–Kier alpha value is -2.73. The molecule has 1 aliphatic heterocycles. The summed E-state index contributed by atoms with van der Waals surface area (Å²) in [7, 11) is 0. The Morgan fingerprint density at radius 3 is 2.92 bits per heavy atom. The van der Waals surface area contributed by atoms with Gasteiger partial charge in [-0.25, -0.2) is 15.0 Å². The van der Waals surface area contributed by atoms with Crippen LogP contribution in [0, 0.1) is 5.95 Å². The van der Waals surface area contributed by atoms with Crippen molar-refractivity contribution in [2.75, 3.05) is 17.2 Å². The van der Waals surface area contributed by atoms with Crippen molar-refractivity contribution in [1.82, 2.24) is 15.0 Å². The van der Waals surface area contributed by atoms with Gasteiger partial charge in [-0.05, 0) is 24.1 Å². The molecule has 1 atom stereocenters. The van der Waals surface area contributed by atoms with Gasteiger partial charge in [0, 0.05) is 41.4 Å². The second-order valence-electron chi connectivity index (χ2n) is 6.20. The molecule has 4 rings (SSSR count). The molecule has 5 nitrogen and oxygen atoms in total. The van der Waals surface area contributed by atoms with Crippen LogP contribution in [0.4, 0.5) is 16.0 Å². The fourth-order valence-electron chi connectivity index (χ4n) is 3.11. The third-order valence-corrected chi connectivity index (χ3v) is 4.88. The standard InChI is InChI=1S/C19H17ClFN5/c20-16-4-2-1-3-13(16)8-23-17-6-5-12(18(21)26-17)7-14-9-24-19-15(14)10-22-11-25-19/h1-6,10-11,14H,7-9H2,(H,23,26)(H,22,24,25). The molecule has 0 saturated heterocycles. The molecule has 0 bridgehead atoms. The van der Waals surface area contributed by atoms with Gasteiger partial charge in [0.25, 0.3) is 0 Å². The fraction of sp³-hybridized carbons (Fsp3) is 0.211. The molecule has 3 heterocycles. The molecule has 1 unspecified atom stereocenters. The molecule has 132 valence electrons. The summed E-state index contributed by atoms with van der Waals surface area (Å²) in [4.78, 5) is 12.3. The van der Waals surface area contributed by atoms with Gasteiger partial charge in [-0.15, -0.1) is 0 Å². The first-order valence-electron chi connectivity index (χ1n) is 8.37. The van der Waals surface area contributed by atoms with Crippen LogP contribution in [0.1, 0.15) is 22.6 Å². The van der Waals surface area contributed by atoms with Crippen LogP contribution in [0.15, 0.2) is 48.9 Å². The molecule has 0 fully saturated rings. The van der Waals surface area contributed by atoms with Gasteiger partial charge in [0.2, 0.25) is 5.95 Å². The first-order chi connectivity index (χ1) is 12.7. The third-order valence-electron chi connectivity index (χ3n) is 4.51. The Morgan fingerprint density at radius 1 is 1.19 bits per heavy atom. The predicted molar refractivity (Wildman–Crippen MR) is 99.9 cm³/mol. The van der Waals surface area contributed by atoms with Crippen LogP contribution in [-0.4, -0.2) is 21.5 Å². The zero-order valence-corrected chi connectivity index (χ0v) is 14.7. The van der Waals surface area contributed by atoms with Crippen molar-refractivity contribution in [3.63, 3.8) is 0 Å². The van der Waals surface area contributed by atoms with E-state index in [0.717, 1.165) is 23.5 Å². The van der Waals surface area contributed by atoms with Gasteiger partial charge in [0.15, 0.2) is 0 Å². The van der Waals surface area contributed by atoms with Gasteiger partial charge in [-0.1, -0.05) is 35.9 Å². The van der Waals surface area contributed by atoms with E-state index in [1.807, 2.05) is 24.3 Å². The van der Waals surface area contributed by atoms with E-state index < -0.39 is 5.95 Å². The van der Waals surface area contributed by atoms with E-state index in [1.54, 1.807) is 18.3 Å². The molecule has 0 radical (unpaired) electrons. The number of rotatable bonds is 5. The summed E-state index contributed by atoms with van der Waals surface area (Å²) in [6, 6.07) is 11.1. The molecule has 2 aromatic heterocycles. The summed E-state index contributed by atoms with van der Waals surface area (Å²) in [5, 5.41) is 7.01. The molecule has 1 aromatic carbocycles. The fourth-order valence-corrected chi connectivity index (χ4v) is 3.31. The lowest BCUT2D eigenvalue weighted by Gasteiger charge is -2.12. The number of nitrogens with one attached hydrogen (secondary N) is 2. The molecular weight excluding hydrogens is 353 g/mol. The zero-order chi connectivity index (χ0) is 17.9. The lowest BCUT2D eigenvalue weighted by Crippen LogP contribution is -2.09. The lowest BCUT2D eigenvalue weighted by atomic mass is 9.96. The van der Waals surface area contributed by atoms with Crippen molar-refractivity contribution in [2.45, 2.75) is 18.9 Å². The average Bonchev–Trinajstić information content (AvgIpc) is 3.06. The number of nitrogens with zero attached hydrogens (tertiary/aromatic N) is 3. The topological polar surface area (TPSA) is 62.7 Å². The van der Waals surface area contributed by atoms with E-state index in [2.05, 4.69) is 25.6 Å². The average molecular weight is 370 g/mol. The summed E-state index contributed by atoms with van der Waals surface area (Å²) >= 11 is 6.13. The SMILES string of the molecule is Fc1nc(NCc2ccccc2Cl)ccc1CC1CNc2ncncc21. The smallest absolute Gasteiger partial charge is 0.218 e. The van der Waals surface area contributed by atoms with Gasteiger partial charge < -0.3 is 10.6 Å². The van der Waals surface area contributed by atoms with Crippen LogP contribution in [0.3, 0.4) is 0 Å². The van der Waals surface area contributed by atoms with Crippen LogP contribution in [0.2, 0.25) is 5.02 Å². The van der Waals surface area contributed by atoms with Crippen LogP contribution in [0.25, 0.3) is 0 Å². The second-order valence-corrected chi connectivity index (χ2v) is 6.61. The molecule has 3 aromatic rings. The summed E-state index contributed by atoms with van der Waals surface area (Å²) < 4.78 is 14.5. The number of benzene rings is 1. The molecule has 1 aliphatic rings. The van der Waals surface area contributed by atoms with E-state index in [0.29, 0.717) is 29.4 Å². The Bertz CT molecular complexity index is 933. The maximum atomic E-state index is 14.5. The predicted octanol–water partition coefficient (Wildman–Crippen LogP) is 4.03.